The number of carbonyl (C=O) groups is 1. The van der Waals surface area contributed by atoms with Gasteiger partial charge in [0.2, 0.25) is 0 Å². The molecule has 0 saturated carbocycles. The molecule has 0 saturated heterocycles. The molecule has 0 aliphatic rings. The molecule has 0 amide bonds. The number of benzene rings is 2. The molecule has 29 heavy (non-hydrogen) atoms. The molecule has 7 nitrogen and oxygen atoms in total. The molecule has 1 aromatic heterocycles. The van der Waals surface area contributed by atoms with Gasteiger partial charge in [0.05, 0.1) is 23.1 Å². The van der Waals surface area contributed by atoms with Gasteiger partial charge in [0.25, 0.3) is 5.56 Å². The fourth-order valence-electron chi connectivity index (χ4n) is 2.67. The van der Waals surface area contributed by atoms with Crippen LogP contribution < -0.4 is 16.0 Å². The first-order chi connectivity index (χ1) is 13.7. The third-order valence-electron chi connectivity index (χ3n) is 3.97. The summed E-state index contributed by atoms with van der Waals surface area (Å²) in [4.78, 5) is 39.0. The van der Waals surface area contributed by atoms with E-state index in [1.54, 1.807) is 24.3 Å². The van der Waals surface area contributed by atoms with Crippen LogP contribution in [0.15, 0.2) is 58.1 Å². The molecule has 3 aromatic rings. The van der Waals surface area contributed by atoms with E-state index >= 15 is 0 Å². The molecule has 0 aliphatic carbocycles. The third-order valence-corrected chi connectivity index (χ3v) is 3.97. The van der Waals surface area contributed by atoms with Crippen molar-refractivity contribution in [1.29, 1.82) is 0 Å². The molecular formula is C19H15F3N2O5. The average Bonchev–Trinajstić information content (AvgIpc) is 2.66. The fraction of sp³-hybridized carbons (Fsp3) is 0.211. The Hall–Kier alpha value is -3.56. The van der Waals surface area contributed by atoms with E-state index in [4.69, 9.17) is 4.74 Å². The number of aromatic nitrogens is 2. The van der Waals surface area contributed by atoms with Crippen molar-refractivity contribution in [2.45, 2.75) is 19.3 Å². The van der Waals surface area contributed by atoms with E-state index in [1.165, 1.54) is 0 Å². The quantitative estimate of drug-likeness (QED) is 0.500. The van der Waals surface area contributed by atoms with Crippen LogP contribution in [0.1, 0.15) is 16.8 Å². The lowest BCUT2D eigenvalue weighted by Gasteiger charge is -2.09. The molecule has 2 aromatic carbocycles. The Morgan fingerprint density at radius 2 is 1.72 bits per heavy atom. The van der Waals surface area contributed by atoms with Gasteiger partial charge < -0.3 is 14.5 Å². The molecule has 1 N–H and O–H groups in total. The number of aromatic amines is 1. The number of carbonyl (C=O) groups excluding carboxylic acids is 1. The summed E-state index contributed by atoms with van der Waals surface area (Å²) >= 11 is 0. The van der Waals surface area contributed by atoms with Crippen molar-refractivity contribution in [3.63, 3.8) is 0 Å². The van der Waals surface area contributed by atoms with Crippen LogP contribution >= 0.6 is 0 Å². The predicted molar refractivity (Wildman–Crippen MR) is 96.9 cm³/mol. The highest BCUT2D eigenvalue weighted by Gasteiger charge is 2.31. The molecule has 0 unspecified atom stereocenters. The van der Waals surface area contributed by atoms with Crippen molar-refractivity contribution in [1.82, 2.24) is 9.55 Å². The Morgan fingerprint density at radius 1 is 1.03 bits per heavy atom. The number of hydrogen-bond donors (Lipinski definition) is 1. The first-order valence-corrected chi connectivity index (χ1v) is 8.49. The van der Waals surface area contributed by atoms with E-state index in [0.717, 1.165) is 28.8 Å². The molecule has 0 atom stereocenters. The number of halogens is 3. The zero-order chi connectivity index (χ0) is 21.0. The smallest absolute Gasteiger partial charge is 0.462 e. The number of hydrogen-bond acceptors (Lipinski definition) is 5. The van der Waals surface area contributed by atoms with Gasteiger partial charge in [-0.3, -0.25) is 9.36 Å². The normalized spacial score (nSPS) is 11.4. The van der Waals surface area contributed by atoms with E-state index in [-0.39, 0.29) is 25.1 Å². The van der Waals surface area contributed by atoms with Gasteiger partial charge in [-0.2, -0.15) is 0 Å². The van der Waals surface area contributed by atoms with E-state index < -0.39 is 29.3 Å². The van der Waals surface area contributed by atoms with Gasteiger partial charge in [-0.05, 0) is 42.8 Å². The van der Waals surface area contributed by atoms with Crippen LogP contribution in [0.5, 0.6) is 5.75 Å². The Bertz CT molecular complexity index is 1130. The molecule has 0 radical (unpaired) electrons. The van der Waals surface area contributed by atoms with Gasteiger partial charge in [0.1, 0.15) is 5.75 Å². The maximum Gasteiger partial charge on any atom is 0.573 e. The van der Waals surface area contributed by atoms with Crippen molar-refractivity contribution < 1.29 is 27.4 Å². The molecule has 0 fully saturated rings. The molecular weight excluding hydrogens is 393 g/mol. The van der Waals surface area contributed by atoms with E-state index in [2.05, 4.69) is 9.72 Å². The minimum absolute atomic E-state index is 0.0324. The SMILES string of the molecule is O=C(OCCCn1c(=O)[nH]c2ccccc2c1=O)c1ccc(OC(F)(F)F)cc1. The molecule has 0 aliphatic heterocycles. The Balaban J connectivity index is 1.57. The van der Waals surface area contributed by atoms with Gasteiger partial charge in [-0.15, -0.1) is 13.2 Å². The van der Waals surface area contributed by atoms with Crippen molar-refractivity contribution in [3.8, 4) is 5.75 Å². The monoisotopic (exact) mass is 408 g/mol. The molecule has 152 valence electrons. The summed E-state index contributed by atoms with van der Waals surface area (Å²) in [6, 6.07) is 10.9. The van der Waals surface area contributed by atoms with Gasteiger partial charge in [-0.1, -0.05) is 12.1 Å². The largest absolute Gasteiger partial charge is 0.573 e. The van der Waals surface area contributed by atoms with Crippen LogP contribution in [0.25, 0.3) is 10.9 Å². The van der Waals surface area contributed by atoms with Crippen molar-refractivity contribution >= 4 is 16.9 Å². The Kier molecular flexibility index (Phi) is 5.71. The first-order valence-electron chi connectivity index (χ1n) is 8.49. The van der Waals surface area contributed by atoms with Gasteiger partial charge in [-0.25, -0.2) is 9.59 Å². The summed E-state index contributed by atoms with van der Waals surface area (Å²) in [7, 11) is 0. The van der Waals surface area contributed by atoms with Crippen LogP contribution in [0, 0.1) is 0 Å². The van der Waals surface area contributed by atoms with E-state index in [1.807, 2.05) is 0 Å². The second-order valence-corrected chi connectivity index (χ2v) is 5.99. The molecule has 0 bridgehead atoms. The summed E-state index contributed by atoms with van der Waals surface area (Å²) in [6.07, 6.45) is -4.62. The highest BCUT2D eigenvalue weighted by Crippen LogP contribution is 2.22. The molecule has 1 heterocycles. The van der Waals surface area contributed by atoms with Gasteiger partial charge >= 0.3 is 18.0 Å². The fourth-order valence-corrected chi connectivity index (χ4v) is 2.67. The Morgan fingerprint density at radius 3 is 2.41 bits per heavy atom. The zero-order valence-electron chi connectivity index (χ0n) is 14.9. The second kappa shape index (κ2) is 8.21. The number of nitrogens with one attached hydrogen (secondary N) is 1. The van der Waals surface area contributed by atoms with E-state index in [0.29, 0.717) is 10.9 Å². The van der Waals surface area contributed by atoms with Crippen LogP contribution in [-0.4, -0.2) is 28.5 Å². The number of H-pyrrole nitrogens is 1. The van der Waals surface area contributed by atoms with Crippen LogP contribution in [0.4, 0.5) is 13.2 Å². The average molecular weight is 408 g/mol. The van der Waals surface area contributed by atoms with Gasteiger partial charge in [0.15, 0.2) is 0 Å². The number of fused-ring (bicyclic) bond motifs is 1. The predicted octanol–water partition coefficient (Wildman–Crippen LogP) is 2.84. The topological polar surface area (TPSA) is 90.4 Å². The molecule has 3 rings (SSSR count). The number of esters is 1. The minimum atomic E-state index is -4.82. The van der Waals surface area contributed by atoms with Crippen molar-refractivity contribution in [3.05, 3.63) is 74.9 Å². The molecule has 0 spiro atoms. The maximum absolute atomic E-state index is 12.4. The summed E-state index contributed by atoms with van der Waals surface area (Å²) in [6.45, 7) is -0.0526. The lowest BCUT2D eigenvalue weighted by atomic mass is 10.2. The van der Waals surface area contributed by atoms with Crippen LogP contribution in [-0.2, 0) is 11.3 Å². The summed E-state index contributed by atoms with van der Waals surface area (Å²) in [5.74, 6) is -1.20. The van der Waals surface area contributed by atoms with Crippen LogP contribution in [0.3, 0.4) is 0 Å². The lowest BCUT2D eigenvalue weighted by Crippen LogP contribution is -2.35. The number of alkyl halides is 3. The minimum Gasteiger partial charge on any atom is -0.462 e. The Labute approximate surface area is 161 Å². The number of ether oxygens (including phenoxy) is 2. The number of para-hydroxylation sites is 1. The number of nitrogens with zero attached hydrogens (tertiary/aromatic N) is 1. The van der Waals surface area contributed by atoms with Crippen molar-refractivity contribution in [2.75, 3.05) is 6.61 Å². The summed E-state index contributed by atoms with van der Waals surface area (Å²) < 4.78 is 46.1. The standard InChI is InChI=1S/C19H15F3N2O5/c20-19(21,22)29-13-8-6-12(7-9-13)17(26)28-11-3-10-24-16(25)14-4-1-2-5-15(14)23-18(24)27/h1-2,4-9H,3,10-11H2,(H,23,27). The second-order valence-electron chi connectivity index (χ2n) is 5.99. The summed E-state index contributed by atoms with van der Waals surface area (Å²) in [5.41, 5.74) is -0.542. The highest BCUT2D eigenvalue weighted by atomic mass is 19.4. The van der Waals surface area contributed by atoms with E-state index in [9.17, 15) is 27.6 Å². The maximum atomic E-state index is 12.4. The zero-order valence-corrected chi connectivity index (χ0v) is 14.9. The van der Waals surface area contributed by atoms with Crippen molar-refractivity contribution in [2.24, 2.45) is 0 Å². The lowest BCUT2D eigenvalue weighted by molar-refractivity contribution is -0.274. The number of rotatable bonds is 6. The van der Waals surface area contributed by atoms with Gasteiger partial charge in [0, 0.05) is 6.54 Å². The highest BCUT2D eigenvalue weighted by molar-refractivity contribution is 5.89. The van der Waals surface area contributed by atoms with Crippen LogP contribution in [0.2, 0.25) is 0 Å². The summed E-state index contributed by atoms with van der Waals surface area (Å²) in [5, 5.41) is 0.366. The first kappa shape index (κ1) is 20.2. The molecule has 10 heteroatoms. The third kappa shape index (κ3) is 5.03.